The fraction of sp³-hybridized carbons (Fsp3) is 0.0769. The summed E-state index contributed by atoms with van der Waals surface area (Å²) in [6.07, 6.45) is 2.92. The lowest BCUT2D eigenvalue weighted by Gasteiger charge is -2.16. The molecule has 0 bridgehead atoms. The first-order chi connectivity index (χ1) is 15.7. The molecule has 5 rings (SSSR count). The number of benzene rings is 3. The smallest absolute Gasteiger partial charge is 0.255 e. The van der Waals surface area contributed by atoms with Crippen molar-refractivity contribution in [2.24, 2.45) is 0 Å². The SMILES string of the molecule is Cc1cc(S(C)(=O)=O)ccc1-n1c(=O)ccc2cnc3ccc(-c4ccc(Cl)cc4)cc3c21. The molecular formula is C26H19ClN2O3S. The zero-order valence-corrected chi connectivity index (χ0v) is 19.5. The molecule has 5 nitrogen and oxygen atoms in total. The Kier molecular flexibility index (Phi) is 5.07. The van der Waals surface area contributed by atoms with Crippen molar-refractivity contribution in [3.8, 4) is 16.8 Å². The van der Waals surface area contributed by atoms with Gasteiger partial charge in [0.05, 0.1) is 21.6 Å². The second kappa shape index (κ2) is 7.83. The highest BCUT2D eigenvalue weighted by molar-refractivity contribution is 7.90. The van der Waals surface area contributed by atoms with Crippen LogP contribution in [0.15, 0.2) is 88.7 Å². The van der Waals surface area contributed by atoms with Gasteiger partial charge in [0.25, 0.3) is 5.56 Å². The maximum atomic E-state index is 13.1. The number of aryl methyl sites for hydroxylation is 1. The Balaban J connectivity index is 1.84. The van der Waals surface area contributed by atoms with Gasteiger partial charge in [-0.15, -0.1) is 0 Å². The molecule has 0 amide bonds. The van der Waals surface area contributed by atoms with Gasteiger partial charge in [-0.05, 0) is 72.1 Å². The van der Waals surface area contributed by atoms with Gasteiger partial charge in [-0.2, -0.15) is 0 Å². The van der Waals surface area contributed by atoms with Gasteiger partial charge in [0, 0.05) is 34.3 Å². The first-order valence-electron chi connectivity index (χ1n) is 10.2. The van der Waals surface area contributed by atoms with Crippen molar-refractivity contribution in [2.75, 3.05) is 6.26 Å². The molecule has 0 aliphatic rings. The number of nitrogens with zero attached hydrogens (tertiary/aromatic N) is 2. The highest BCUT2D eigenvalue weighted by atomic mass is 35.5. The minimum absolute atomic E-state index is 0.206. The molecule has 0 saturated carbocycles. The van der Waals surface area contributed by atoms with E-state index in [4.69, 9.17) is 11.6 Å². The fourth-order valence-electron chi connectivity index (χ4n) is 4.08. The van der Waals surface area contributed by atoms with E-state index in [1.807, 2.05) is 42.5 Å². The normalized spacial score (nSPS) is 11.8. The molecule has 0 spiro atoms. The number of halogens is 1. The highest BCUT2D eigenvalue weighted by Crippen LogP contribution is 2.31. The van der Waals surface area contributed by atoms with E-state index < -0.39 is 9.84 Å². The van der Waals surface area contributed by atoms with E-state index in [1.165, 1.54) is 18.4 Å². The zero-order chi connectivity index (χ0) is 23.3. The highest BCUT2D eigenvalue weighted by Gasteiger charge is 2.15. The number of rotatable bonds is 3. The van der Waals surface area contributed by atoms with Crippen molar-refractivity contribution < 1.29 is 8.42 Å². The van der Waals surface area contributed by atoms with Crippen molar-refractivity contribution in [2.45, 2.75) is 11.8 Å². The fourth-order valence-corrected chi connectivity index (χ4v) is 4.91. The third-order valence-electron chi connectivity index (χ3n) is 5.73. The maximum Gasteiger partial charge on any atom is 0.255 e. The van der Waals surface area contributed by atoms with Crippen LogP contribution < -0.4 is 5.56 Å². The monoisotopic (exact) mass is 474 g/mol. The van der Waals surface area contributed by atoms with Crippen molar-refractivity contribution in [1.29, 1.82) is 0 Å². The van der Waals surface area contributed by atoms with E-state index in [0.29, 0.717) is 16.3 Å². The summed E-state index contributed by atoms with van der Waals surface area (Å²) in [4.78, 5) is 17.9. The molecule has 33 heavy (non-hydrogen) atoms. The lowest BCUT2D eigenvalue weighted by atomic mass is 10.0. The number of hydrogen-bond acceptors (Lipinski definition) is 4. The van der Waals surface area contributed by atoms with Gasteiger partial charge in [-0.3, -0.25) is 14.3 Å². The van der Waals surface area contributed by atoms with Crippen LogP contribution in [0.1, 0.15) is 5.56 Å². The second-order valence-corrected chi connectivity index (χ2v) is 10.5. The molecule has 0 N–H and O–H groups in total. The van der Waals surface area contributed by atoms with E-state index in [9.17, 15) is 13.2 Å². The van der Waals surface area contributed by atoms with Crippen molar-refractivity contribution in [3.63, 3.8) is 0 Å². The standard InChI is InChI=1S/C26H19ClN2O3S/c1-16-13-21(33(2,31)32)9-11-24(16)29-25(30)12-6-19-15-28-23-10-5-18(14-22(23)26(19)29)17-3-7-20(27)8-4-17/h3-15H,1-2H3. The predicted octanol–water partition coefficient (Wildman–Crippen LogP) is 5.57. The molecule has 0 saturated heterocycles. The molecule has 3 aromatic carbocycles. The number of hydrogen-bond donors (Lipinski definition) is 0. The number of pyridine rings is 2. The van der Waals surface area contributed by atoms with Crippen LogP contribution in [0.2, 0.25) is 5.02 Å². The summed E-state index contributed by atoms with van der Waals surface area (Å²) in [6, 6.07) is 21.6. The van der Waals surface area contributed by atoms with E-state index >= 15 is 0 Å². The molecule has 164 valence electrons. The summed E-state index contributed by atoms with van der Waals surface area (Å²) < 4.78 is 25.6. The quantitative estimate of drug-likeness (QED) is 0.320. The first kappa shape index (κ1) is 21.4. The largest absolute Gasteiger partial charge is 0.276 e. The Labute approximate surface area is 195 Å². The van der Waals surface area contributed by atoms with E-state index in [2.05, 4.69) is 4.98 Å². The number of aromatic nitrogens is 2. The van der Waals surface area contributed by atoms with Crippen molar-refractivity contribution in [3.05, 3.63) is 99.9 Å². The van der Waals surface area contributed by atoms with Gasteiger partial charge in [0.15, 0.2) is 9.84 Å². The zero-order valence-electron chi connectivity index (χ0n) is 17.9. The van der Waals surface area contributed by atoms with E-state index in [0.717, 1.165) is 32.9 Å². The van der Waals surface area contributed by atoms with Crippen LogP contribution in [-0.4, -0.2) is 24.2 Å². The third-order valence-corrected chi connectivity index (χ3v) is 7.09. The summed E-state index contributed by atoms with van der Waals surface area (Å²) in [5, 5.41) is 2.29. The Morgan fingerprint density at radius 1 is 0.879 bits per heavy atom. The average Bonchev–Trinajstić information content (AvgIpc) is 2.79. The van der Waals surface area contributed by atoms with Crippen LogP contribution in [0.3, 0.4) is 0 Å². The molecule has 7 heteroatoms. The predicted molar refractivity (Wildman–Crippen MR) is 133 cm³/mol. The summed E-state index contributed by atoms with van der Waals surface area (Å²) >= 11 is 6.05. The lowest BCUT2D eigenvalue weighted by Crippen LogP contribution is -2.19. The third kappa shape index (κ3) is 3.81. The first-order valence-corrected chi connectivity index (χ1v) is 12.5. The lowest BCUT2D eigenvalue weighted by molar-refractivity contribution is 0.602. The second-order valence-electron chi connectivity index (χ2n) is 8.03. The summed E-state index contributed by atoms with van der Waals surface area (Å²) in [7, 11) is -3.36. The molecule has 2 aromatic heterocycles. The summed E-state index contributed by atoms with van der Waals surface area (Å²) in [6.45, 7) is 1.80. The minimum atomic E-state index is -3.36. The van der Waals surface area contributed by atoms with Crippen LogP contribution in [0.5, 0.6) is 0 Å². The average molecular weight is 475 g/mol. The molecule has 5 aromatic rings. The molecular weight excluding hydrogens is 456 g/mol. The summed E-state index contributed by atoms with van der Waals surface area (Å²) in [5.41, 5.74) is 4.55. The van der Waals surface area contributed by atoms with Crippen LogP contribution >= 0.6 is 11.6 Å². The van der Waals surface area contributed by atoms with Crippen molar-refractivity contribution >= 4 is 43.2 Å². The summed E-state index contributed by atoms with van der Waals surface area (Å²) in [5.74, 6) is 0. The van der Waals surface area contributed by atoms with Crippen LogP contribution in [0.4, 0.5) is 0 Å². The van der Waals surface area contributed by atoms with Crippen LogP contribution in [-0.2, 0) is 9.84 Å². The Morgan fingerprint density at radius 3 is 2.30 bits per heavy atom. The Morgan fingerprint density at radius 2 is 1.61 bits per heavy atom. The van der Waals surface area contributed by atoms with Gasteiger partial charge in [0.2, 0.25) is 0 Å². The minimum Gasteiger partial charge on any atom is -0.276 e. The van der Waals surface area contributed by atoms with Gasteiger partial charge < -0.3 is 0 Å². The number of fused-ring (bicyclic) bond motifs is 3. The van der Waals surface area contributed by atoms with Gasteiger partial charge in [0.1, 0.15) is 0 Å². The molecule has 0 radical (unpaired) electrons. The van der Waals surface area contributed by atoms with Crippen LogP contribution in [0.25, 0.3) is 38.6 Å². The Hall–Kier alpha value is -3.48. The van der Waals surface area contributed by atoms with Gasteiger partial charge >= 0.3 is 0 Å². The van der Waals surface area contributed by atoms with E-state index in [1.54, 1.807) is 35.9 Å². The molecule has 0 aliphatic heterocycles. The topological polar surface area (TPSA) is 69.0 Å². The van der Waals surface area contributed by atoms with Gasteiger partial charge in [-0.1, -0.05) is 29.8 Å². The number of sulfone groups is 1. The maximum absolute atomic E-state index is 13.1. The molecule has 0 fully saturated rings. The van der Waals surface area contributed by atoms with E-state index in [-0.39, 0.29) is 10.5 Å². The molecule has 0 aliphatic carbocycles. The van der Waals surface area contributed by atoms with Gasteiger partial charge in [-0.25, -0.2) is 8.42 Å². The molecule has 0 unspecified atom stereocenters. The molecule has 2 heterocycles. The molecule has 0 atom stereocenters. The van der Waals surface area contributed by atoms with Crippen LogP contribution in [0, 0.1) is 6.92 Å². The Bertz CT molecular complexity index is 1720. The van der Waals surface area contributed by atoms with Crippen molar-refractivity contribution in [1.82, 2.24) is 9.55 Å².